The van der Waals surface area contributed by atoms with Gasteiger partial charge in [0, 0.05) is 49.7 Å². The number of nitrogens with zero attached hydrogens (tertiary/aromatic N) is 8. The SMILES string of the molecule is CCC(C)n1c(N2CCCC2C)nc2c(-c3cnc(N)nc3)nc(N3CCOCC3)nc21. The Bertz CT molecular complexity index is 1090. The first-order valence-corrected chi connectivity index (χ1v) is 11.5. The van der Waals surface area contributed by atoms with Crippen molar-refractivity contribution in [1.82, 2.24) is 29.5 Å². The summed E-state index contributed by atoms with van der Waals surface area (Å²) >= 11 is 0. The number of nitrogens with two attached hydrogens (primary N) is 1. The van der Waals surface area contributed by atoms with Crippen LogP contribution in [-0.4, -0.2) is 68.4 Å². The molecule has 2 N–H and O–H groups in total. The van der Waals surface area contributed by atoms with Gasteiger partial charge in [-0.15, -0.1) is 0 Å². The summed E-state index contributed by atoms with van der Waals surface area (Å²) in [6.07, 6.45) is 6.76. The van der Waals surface area contributed by atoms with Gasteiger partial charge in [-0.2, -0.15) is 4.98 Å². The zero-order valence-corrected chi connectivity index (χ0v) is 19.0. The molecule has 170 valence electrons. The minimum absolute atomic E-state index is 0.240. The lowest BCUT2D eigenvalue weighted by Crippen LogP contribution is -2.37. The Balaban J connectivity index is 1.76. The summed E-state index contributed by atoms with van der Waals surface area (Å²) in [6.45, 7) is 10.6. The van der Waals surface area contributed by atoms with Crippen LogP contribution in [-0.2, 0) is 4.74 Å². The Hall–Kier alpha value is -3.01. The highest BCUT2D eigenvalue weighted by Crippen LogP contribution is 2.36. The zero-order chi connectivity index (χ0) is 22.2. The molecule has 32 heavy (non-hydrogen) atoms. The van der Waals surface area contributed by atoms with Crippen LogP contribution in [0.15, 0.2) is 12.4 Å². The second-order valence-electron chi connectivity index (χ2n) is 8.70. The van der Waals surface area contributed by atoms with Crippen molar-refractivity contribution in [3.8, 4) is 11.3 Å². The third-order valence-corrected chi connectivity index (χ3v) is 6.59. The Morgan fingerprint density at radius 1 is 1.12 bits per heavy atom. The summed E-state index contributed by atoms with van der Waals surface area (Å²) in [6, 6.07) is 0.704. The predicted octanol–water partition coefficient (Wildman–Crippen LogP) is 2.66. The fraction of sp³-hybridized carbons (Fsp3) is 0.591. The van der Waals surface area contributed by atoms with Crippen molar-refractivity contribution < 1.29 is 4.74 Å². The second-order valence-corrected chi connectivity index (χ2v) is 8.70. The number of imidazole rings is 1. The van der Waals surface area contributed by atoms with Crippen molar-refractivity contribution in [1.29, 1.82) is 0 Å². The van der Waals surface area contributed by atoms with Crippen molar-refractivity contribution in [2.45, 2.75) is 52.1 Å². The van der Waals surface area contributed by atoms with E-state index in [-0.39, 0.29) is 12.0 Å². The number of hydrogen-bond donors (Lipinski definition) is 1. The quantitative estimate of drug-likeness (QED) is 0.644. The van der Waals surface area contributed by atoms with Crippen molar-refractivity contribution in [2.24, 2.45) is 0 Å². The van der Waals surface area contributed by atoms with Crippen LogP contribution in [0.4, 0.5) is 17.8 Å². The maximum absolute atomic E-state index is 5.74. The highest BCUT2D eigenvalue weighted by molar-refractivity contribution is 5.90. The monoisotopic (exact) mass is 437 g/mol. The third kappa shape index (κ3) is 3.62. The topological polar surface area (TPSA) is 111 Å². The second kappa shape index (κ2) is 8.50. The van der Waals surface area contributed by atoms with Crippen LogP contribution in [0, 0.1) is 0 Å². The normalized spacial score (nSPS) is 20.3. The van der Waals surface area contributed by atoms with E-state index < -0.39 is 0 Å². The van der Waals surface area contributed by atoms with E-state index in [0.717, 1.165) is 54.4 Å². The molecule has 3 aromatic rings. The molecule has 0 saturated carbocycles. The van der Waals surface area contributed by atoms with Crippen LogP contribution >= 0.6 is 0 Å². The first kappa shape index (κ1) is 20.9. The number of ether oxygens (including phenoxy) is 1. The summed E-state index contributed by atoms with van der Waals surface area (Å²) in [7, 11) is 0. The minimum Gasteiger partial charge on any atom is -0.378 e. The van der Waals surface area contributed by atoms with Gasteiger partial charge in [0.2, 0.25) is 17.8 Å². The van der Waals surface area contributed by atoms with Crippen LogP contribution in [0.1, 0.15) is 46.1 Å². The van der Waals surface area contributed by atoms with E-state index >= 15 is 0 Å². The lowest BCUT2D eigenvalue weighted by atomic mass is 10.2. The molecule has 2 atom stereocenters. The number of hydrogen-bond acceptors (Lipinski definition) is 9. The van der Waals surface area contributed by atoms with Crippen molar-refractivity contribution in [2.75, 3.05) is 48.4 Å². The van der Waals surface area contributed by atoms with Crippen LogP contribution in [0.2, 0.25) is 0 Å². The van der Waals surface area contributed by atoms with Gasteiger partial charge in [-0.1, -0.05) is 6.92 Å². The molecule has 0 aromatic carbocycles. The van der Waals surface area contributed by atoms with Gasteiger partial charge in [-0.3, -0.25) is 4.57 Å². The van der Waals surface area contributed by atoms with Crippen LogP contribution < -0.4 is 15.5 Å². The molecule has 5 rings (SSSR count). The van der Waals surface area contributed by atoms with Gasteiger partial charge < -0.3 is 20.3 Å². The average molecular weight is 438 g/mol. The molecule has 0 aliphatic carbocycles. The highest BCUT2D eigenvalue weighted by Gasteiger charge is 2.30. The Morgan fingerprint density at radius 3 is 2.53 bits per heavy atom. The maximum atomic E-state index is 5.74. The standard InChI is InChI=1S/C22H31N9O/c1-4-14(2)31-19-18(27-22(31)30-7-5-6-15(30)3)17(16-12-24-20(23)25-13-16)26-21(28-19)29-8-10-32-11-9-29/h12-15H,4-11H2,1-3H3,(H2,23,24,25). The number of rotatable bonds is 5. The summed E-state index contributed by atoms with van der Waals surface area (Å²) in [5.74, 6) is 1.91. The van der Waals surface area contributed by atoms with E-state index in [4.69, 9.17) is 25.4 Å². The molecule has 0 bridgehead atoms. The van der Waals surface area contributed by atoms with Crippen LogP contribution in [0.25, 0.3) is 22.4 Å². The summed E-state index contributed by atoms with van der Waals surface area (Å²) in [5, 5.41) is 0. The summed E-state index contributed by atoms with van der Waals surface area (Å²) < 4.78 is 7.84. The molecule has 2 fully saturated rings. The summed E-state index contributed by atoms with van der Waals surface area (Å²) in [5.41, 5.74) is 8.92. The van der Waals surface area contributed by atoms with Gasteiger partial charge in [0.25, 0.3) is 0 Å². The number of morpholine rings is 1. The molecular weight excluding hydrogens is 406 g/mol. The largest absolute Gasteiger partial charge is 0.378 e. The molecule has 10 nitrogen and oxygen atoms in total. The molecule has 3 aromatic heterocycles. The average Bonchev–Trinajstić information content (AvgIpc) is 3.42. The number of aromatic nitrogens is 6. The molecule has 2 aliphatic heterocycles. The third-order valence-electron chi connectivity index (χ3n) is 6.59. The van der Waals surface area contributed by atoms with Gasteiger partial charge in [0.15, 0.2) is 5.65 Å². The molecule has 0 spiro atoms. The van der Waals surface area contributed by atoms with Gasteiger partial charge >= 0.3 is 0 Å². The smallest absolute Gasteiger partial charge is 0.228 e. The van der Waals surface area contributed by atoms with Crippen LogP contribution in [0.5, 0.6) is 0 Å². The van der Waals surface area contributed by atoms with E-state index in [2.05, 4.69) is 45.1 Å². The Labute approximate surface area is 187 Å². The minimum atomic E-state index is 0.240. The first-order chi connectivity index (χ1) is 15.6. The number of nitrogen functional groups attached to an aromatic ring is 1. The molecule has 2 saturated heterocycles. The molecule has 10 heteroatoms. The van der Waals surface area contributed by atoms with E-state index in [1.165, 1.54) is 12.8 Å². The molecular formula is C22H31N9O. The van der Waals surface area contributed by atoms with Crippen molar-refractivity contribution >= 4 is 29.0 Å². The zero-order valence-electron chi connectivity index (χ0n) is 19.0. The van der Waals surface area contributed by atoms with Crippen molar-refractivity contribution in [3.63, 3.8) is 0 Å². The highest BCUT2D eigenvalue weighted by atomic mass is 16.5. The number of fused-ring (bicyclic) bond motifs is 1. The van der Waals surface area contributed by atoms with E-state index in [1.54, 1.807) is 12.4 Å². The molecule has 0 amide bonds. The van der Waals surface area contributed by atoms with Crippen molar-refractivity contribution in [3.05, 3.63) is 12.4 Å². The molecule has 5 heterocycles. The first-order valence-electron chi connectivity index (χ1n) is 11.5. The molecule has 2 unspecified atom stereocenters. The lowest BCUT2D eigenvalue weighted by molar-refractivity contribution is 0.122. The van der Waals surface area contributed by atoms with E-state index in [9.17, 15) is 0 Å². The van der Waals surface area contributed by atoms with Crippen LogP contribution in [0.3, 0.4) is 0 Å². The Kier molecular flexibility index (Phi) is 5.54. The predicted molar refractivity (Wildman–Crippen MR) is 125 cm³/mol. The summed E-state index contributed by atoms with van der Waals surface area (Å²) in [4.78, 5) is 28.1. The van der Waals surface area contributed by atoms with E-state index in [1.807, 2.05) is 0 Å². The molecule has 2 aliphatic rings. The fourth-order valence-corrected chi connectivity index (χ4v) is 4.54. The van der Waals surface area contributed by atoms with Gasteiger partial charge in [0.1, 0.15) is 11.2 Å². The van der Waals surface area contributed by atoms with Gasteiger partial charge in [-0.25, -0.2) is 19.9 Å². The van der Waals surface area contributed by atoms with Gasteiger partial charge in [0.05, 0.1) is 13.2 Å². The van der Waals surface area contributed by atoms with E-state index in [0.29, 0.717) is 25.2 Å². The molecule has 0 radical (unpaired) electrons. The van der Waals surface area contributed by atoms with Gasteiger partial charge in [-0.05, 0) is 33.1 Å². The lowest BCUT2D eigenvalue weighted by Gasteiger charge is -2.27. The Morgan fingerprint density at radius 2 is 1.88 bits per heavy atom. The number of anilines is 3. The fourth-order valence-electron chi connectivity index (χ4n) is 4.54. The maximum Gasteiger partial charge on any atom is 0.228 e.